The zero-order chi connectivity index (χ0) is 9.14. The van der Waals surface area contributed by atoms with Crippen molar-refractivity contribution in [2.24, 2.45) is 12.8 Å². The maximum atomic E-state index is 10.6. The van der Waals surface area contributed by atoms with E-state index in [0.717, 1.165) is 0 Å². The summed E-state index contributed by atoms with van der Waals surface area (Å²) in [7, 11) is 1.63. The average molecular weight is 169 g/mol. The van der Waals surface area contributed by atoms with Crippen LogP contribution in [0.15, 0.2) is 6.33 Å². The Kier molecular flexibility index (Phi) is 2.04. The van der Waals surface area contributed by atoms with E-state index in [-0.39, 0.29) is 5.95 Å². The Hall–Kier alpha value is -1.92. The number of anilines is 1. The summed E-state index contributed by atoms with van der Waals surface area (Å²) in [5.41, 5.74) is 4.68. The zero-order valence-corrected chi connectivity index (χ0v) is 6.31. The second-order valence-electron chi connectivity index (χ2n) is 2.06. The Balaban J connectivity index is 2.64. The highest BCUT2D eigenvalue weighted by Gasteiger charge is 2.10. The van der Waals surface area contributed by atoms with Crippen molar-refractivity contribution in [1.29, 1.82) is 0 Å². The van der Waals surface area contributed by atoms with E-state index in [9.17, 15) is 9.59 Å². The molecule has 12 heavy (non-hydrogen) atoms. The molecule has 1 aromatic rings. The van der Waals surface area contributed by atoms with Crippen molar-refractivity contribution in [2.75, 3.05) is 5.32 Å². The fourth-order valence-corrected chi connectivity index (χ4v) is 0.560. The summed E-state index contributed by atoms with van der Waals surface area (Å²) in [5.74, 6) is -1.94. The van der Waals surface area contributed by atoms with Crippen LogP contribution in [0.25, 0.3) is 0 Å². The van der Waals surface area contributed by atoms with Crippen LogP contribution in [0.5, 0.6) is 0 Å². The summed E-state index contributed by atoms with van der Waals surface area (Å²) in [5, 5.41) is 5.80. The van der Waals surface area contributed by atoms with Gasteiger partial charge in [-0.25, -0.2) is 4.98 Å². The Morgan fingerprint density at radius 3 is 2.75 bits per heavy atom. The van der Waals surface area contributed by atoms with E-state index in [2.05, 4.69) is 21.1 Å². The second kappa shape index (κ2) is 2.99. The van der Waals surface area contributed by atoms with E-state index < -0.39 is 11.8 Å². The number of primary amides is 1. The summed E-state index contributed by atoms with van der Waals surface area (Å²) < 4.78 is 1.39. The van der Waals surface area contributed by atoms with Crippen molar-refractivity contribution >= 4 is 17.8 Å². The molecule has 0 fully saturated rings. The number of nitrogens with one attached hydrogen (secondary N) is 1. The Morgan fingerprint density at radius 1 is 1.67 bits per heavy atom. The van der Waals surface area contributed by atoms with Gasteiger partial charge in [-0.1, -0.05) is 0 Å². The first-order valence-corrected chi connectivity index (χ1v) is 3.06. The van der Waals surface area contributed by atoms with Crippen LogP contribution >= 0.6 is 0 Å². The predicted octanol–water partition coefficient (Wildman–Crippen LogP) is -1.76. The minimum Gasteiger partial charge on any atom is -0.361 e. The number of hydrogen-bond donors (Lipinski definition) is 2. The third kappa shape index (κ3) is 1.78. The standard InChI is InChI=1S/C5H7N5O2/c1-10-2-7-5(9-10)8-4(12)3(6)11/h2H,1H3,(H2,6,11)(H,8,9,12). The van der Waals surface area contributed by atoms with Crippen molar-refractivity contribution in [1.82, 2.24) is 14.8 Å². The third-order valence-corrected chi connectivity index (χ3v) is 1.05. The van der Waals surface area contributed by atoms with Crippen molar-refractivity contribution < 1.29 is 9.59 Å². The molecule has 3 N–H and O–H groups in total. The quantitative estimate of drug-likeness (QED) is 0.486. The molecule has 2 amide bonds. The minimum absolute atomic E-state index is 0.0568. The minimum atomic E-state index is -1.07. The van der Waals surface area contributed by atoms with Gasteiger partial charge >= 0.3 is 11.8 Å². The van der Waals surface area contributed by atoms with Crippen molar-refractivity contribution in [3.05, 3.63) is 6.33 Å². The lowest BCUT2D eigenvalue weighted by atomic mass is 10.6. The molecule has 1 aromatic heterocycles. The van der Waals surface area contributed by atoms with Crippen molar-refractivity contribution in [2.45, 2.75) is 0 Å². The highest BCUT2D eigenvalue weighted by molar-refractivity contribution is 6.38. The monoisotopic (exact) mass is 169 g/mol. The molecule has 0 saturated heterocycles. The largest absolute Gasteiger partial charge is 0.361 e. The zero-order valence-electron chi connectivity index (χ0n) is 6.31. The van der Waals surface area contributed by atoms with E-state index in [1.165, 1.54) is 11.0 Å². The summed E-state index contributed by atoms with van der Waals surface area (Å²) in [4.78, 5) is 24.6. The van der Waals surface area contributed by atoms with Gasteiger partial charge in [-0.15, -0.1) is 5.10 Å². The van der Waals surface area contributed by atoms with Crippen LogP contribution in [-0.4, -0.2) is 26.6 Å². The van der Waals surface area contributed by atoms with Gasteiger partial charge in [0, 0.05) is 7.05 Å². The molecule has 7 heteroatoms. The molecule has 0 bridgehead atoms. The number of hydrogen-bond acceptors (Lipinski definition) is 4. The second-order valence-corrected chi connectivity index (χ2v) is 2.06. The molecule has 0 saturated carbocycles. The van der Waals surface area contributed by atoms with Crippen LogP contribution in [0.4, 0.5) is 5.95 Å². The Labute approximate surface area is 67.6 Å². The van der Waals surface area contributed by atoms with E-state index in [4.69, 9.17) is 0 Å². The summed E-state index contributed by atoms with van der Waals surface area (Å²) in [6.45, 7) is 0. The molecular formula is C5H7N5O2. The van der Waals surface area contributed by atoms with Crippen molar-refractivity contribution in [3.8, 4) is 0 Å². The van der Waals surface area contributed by atoms with Gasteiger partial charge in [0.25, 0.3) is 0 Å². The highest BCUT2D eigenvalue weighted by Crippen LogP contribution is 1.93. The van der Waals surface area contributed by atoms with E-state index in [1.54, 1.807) is 7.05 Å². The molecule has 1 heterocycles. The number of nitrogens with two attached hydrogens (primary N) is 1. The lowest BCUT2D eigenvalue weighted by molar-refractivity contribution is -0.134. The summed E-state index contributed by atoms with van der Waals surface area (Å²) >= 11 is 0. The third-order valence-electron chi connectivity index (χ3n) is 1.05. The van der Waals surface area contributed by atoms with Gasteiger partial charge in [0.1, 0.15) is 6.33 Å². The van der Waals surface area contributed by atoms with Crippen LogP contribution in [-0.2, 0) is 16.6 Å². The fourth-order valence-electron chi connectivity index (χ4n) is 0.560. The summed E-state index contributed by atoms with van der Waals surface area (Å²) in [6.07, 6.45) is 1.39. The van der Waals surface area contributed by atoms with Gasteiger partial charge in [-0.05, 0) is 0 Å². The molecule has 0 aliphatic carbocycles. The van der Waals surface area contributed by atoms with Crippen LogP contribution in [0.2, 0.25) is 0 Å². The molecule has 0 aliphatic heterocycles. The fraction of sp³-hybridized carbons (Fsp3) is 0.200. The lowest BCUT2D eigenvalue weighted by Crippen LogP contribution is -2.30. The maximum absolute atomic E-state index is 10.6. The van der Waals surface area contributed by atoms with Crippen LogP contribution in [0.3, 0.4) is 0 Å². The van der Waals surface area contributed by atoms with Crippen LogP contribution < -0.4 is 11.1 Å². The summed E-state index contributed by atoms with van der Waals surface area (Å²) in [6, 6.07) is 0. The first-order valence-electron chi connectivity index (χ1n) is 3.06. The molecule has 0 atom stereocenters. The van der Waals surface area contributed by atoms with Gasteiger partial charge in [-0.2, -0.15) is 0 Å². The number of rotatable bonds is 1. The number of aromatic nitrogens is 3. The number of amides is 2. The first kappa shape index (κ1) is 8.18. The topological polar surface area (TPSA) is 103 Å². The number of nitrogens with zero attached hydrogens (tertiary/aromatic N) is 3. The van der Waals surface area contributed by atoms with Gasteiger partial charge in [0.05, 0.1) is 0 Å². The molecule has 7 nitrogen and oxygen atoms in total. The molecule has 0 radical (unpaired) electrons. The molecular weight excluding hydrogens is 162 g/mol. The van der Waals surface area contributed by atoms with Gasteiger partial charge in [0.15, 0.2) is 0 Å². The smallest absolute Gasteiger partial charge is 0.315 e. The highest BCUT2D eigenvalue weighted by atomic mass is 16.2. The lowest BCUT2D eigenvalue weighted by Gasteiger charge is -1.93. The molecule has 0 aliphatic rings. The molecule has 64 valence electrons. The Morgan fingerprint density at radius 2 is 2.33 bits per heavy atom. The van der Waals surface area contributed by atoms with Gasteiger partial charge in [-0.3, -0.25) is 19.6 Å². The van der Waals surface area contributed by atoms with E-state index in [0.29, 0.717) is 0 Å². The van der Waals surface area contributed by atoms with Crippen LogP contribution in [0, 0.1) is 0 Å². The Bertz CT molecular complexity index is 317. The number of carbonyl (C=O) groups excluding carboxylic acids is 2. The normalized spacial score (nSPS) is 9.42. The average Bonchev–Trinajstić information content (AvgIpc) is 2.35. The predicted molar refractivity (Wildman–Crippen MR) is 38.8 cm³/mol. The molecule has 0 unspecified atom stereocenters. The van der Waals surface area contributed by atoms with Gasteiger partial charge in [0.2, 0.25) is 5.95 Å². The number of aryl methyl sites for hydroxylation is 1. The van der Waals surface area contributed by atoms with Gasteiger partial charge < -0.3 is 5.73 Å². The SMILES string of the molecule is Cn1cnc(NC(=O)C(N)=O)n1. The van der Waals surface area contributed by atoms with E-state index in [1.807, 2.05) is 0 Å². The number of carbonyl (C=O) groups is 2. The molecule has 0 aromatic carbocycles. The van der Waals surface area contributed by atoms with E-state index >= 15 is 0 Å². The molecule has 1 rings (SSSR count). The van der Waals surface area contributed by atoms with Crippen LogP contribution in [0.1, 0.15) is 0 Å². The van der Waals surface area contributed by atoms with Crippen molar-refractivity contribution in [3.63, 3.8) is 0 Å². The maximum Gasteiger partial charge on any atom is 0.315 e. The first-order chi connectivity index (χ1) is 5.59. The molecule has 0 spiro atoms.